The van der Waals surface area contributed by atoms with Crippen LogP contribution in [0.25, 0.3) is 0 Å². The van der Waals surface area contributed by atoms with Crippen LogP contribution in [0.1, 0.15) is 11.6 Å². The van der Waals surface area contributed by atoms with Crippen LogP contribution >= 0.6 is 0 Å². The van der Waals surface area contributed by atoms with Crippen molar-refractivity contribution in [3.8, 4) is 11.5 Å². The fourth-order valence-corrected chi connectivity index (χ4v) is 1.12. The van der Waals surface area contributed by atoms with E-state index in [9.17, 15) is 10.2 Å². The topological polar surface area (TPSA) is 75.7 Å². The van der Waals surface area contributed by atoms with E-state index in [1.165, 1.54) is 13.2 Å². The lowest BCUT2D eigenvalue weighted by Crippen LogP contribution is -2.16. The molecule has 0 radical (unpaired) electrons. The molecule has 0 aliphatic heterocycles. The molecular weight excluding hydrogens is 170 g/mol. The smallest absolute Gasteiger partial charge is 0.162 e. The van der Waals surface area contributed by atoms with Crippen LogP contribution in [-0.2, 0) is 4.74 Å². The number of methoxy groups -OCH3 is 1. The summed E-state index contributed by atoms with van der Waals surface area (Å²) in [6.07, 6.45) is 0. The van der Waals surface area contributed by atoms with Crippen LogP contribution in [0, 0.1) is 0 Å². The number of aromatic hydroxyl groups is 2. The van der Waals surface area contributed by atoms with Gasteiger partial charge in [-0.3, -0.25) is 0 Å². The van der Waals surface area contributed by atoms with Gasteiger partial charge in [0.25, 0.3) is 0 Å². The number of ether oxygens (including phenoxy) is 1. The average Bonchev–Trinajstić information content (AvgIpc) is 2.10. The average molecular weight is 183 g/mol. The maximum absolute atomic E-state index is 9.41. The van der Waals surface area contributed by atoms with E-state index in [0.29, 0.717) is 12.2 Å². The number of phenols is 2. The van der Waals surface area contributed by atoms with E-state index >= 15 is 0 Å². The summed E-state index contributed by atoms with van der Waals surface area (Å²) in [5, 5.41) is 18.6. The van der Waals surface area contributed by atoms with Gasteiger partial charge in [0, 0.05) is 12.7 Å². The molecular formula is C9H13NO3. The summed E-state index contributed by atoms with van der Waals surface area (Å²) < 4.78 is 4.84. The molecule has 4 nitrogen and oxygen atoms in total. The Hall–Kier alpha value is -1.26. The van der Waals surface area contributed by atoms with Crippen molar-refractivity contribution in [3.05, 3.63) is 23.8 Å². The molecule has 1 aromatic rings. The normalized spacial score (nSPS) is 12.8. The SMILES string of the molecule is COC[C@@H](N)c1cccc(O)c1O. The van der Waals surface area contributed by atoms with E-state index in [-0.39, 0.29) is 11.5 Å². The van der Waals surface area contributed by atoms with E-state index < -0.39 is 6.04 Å². The highest BCUT2D eigenvalue weighted by atomic mass is 16.5. The second-order valence-electron chi connectivity index (χ2n) is 2.78. The third-order valence-corrected chi connectivity index (χ3v) is 1.79. The van der Waals surface area contributed by atoms with Crippen molar-refractivity contribution >= 4 is 0 Å². The Morgan fingerprint density at radius 1 is 1.46 bits per heavy atom. The molecule has 13 heavy (non-hydrogen) atoms. The molecule has 0 heterocycles. The Morgan fingerprint density at radius 3 is 2.77 bits per heavy atom. The summed E-state index contributed by atoms with van der Waals surface area (Å²) in [4.78, 5) is 0. The van der Waals surface area contributed by atoms with Crippen molar-refractivity contribution < 1.29 is 14.9 Å². The van der Waals surface area contributed by atoms with E-state index in [2.05, 4.69) is 0 Å². The molecule has 0 aliphatic rings. The van der Waals surface area contributed by atoms with E-state index in [1.807, 2.05) is 0 Å². The number of benzene rings is 1. The summed E-state index contributed by atoms with van der Waals surface area (Å²) in [5.74, 6) is -0.337. The first-order chi connectivity index (χ1) is 6.16. The Morgan fingerprint density at radius 2 is 2.15 bits per heavy atom. The van der Waals surface area contributed by atoms with Gasteiger partial charge in [0.2, 0.25) is 0 Å². The first kappa shape index (κ1) is 9.83. The van der Waals surface area contributed by atoms with Gasteiger partial charge in [-0.25, -0.2) is 0 Å². The van der Waals surface area contributed by atoms with Gasteiger partial charge < -0.3 is 20.7 Å². The fourth-order valence-electron chi connectivity index (χ4n) is 1.12. The zero-order valence-corrected chi connectivity index (χ0v) is 7.40. The largest absolute Gasteiger partial charge is 0.504 e. The minimum Gasteiger partial charge on any atom is -0.504 e. The molecule has 4 heteroatoms. The highest BCUT2D eigenvalue weighted by molar-refractivity contribution is 5.45. The quantitative estimate of drug-likeness (QED) is 0.604. The lowest BCUT2D eigenvalue weighted by molar-refractivity contribution is 0.179. The fraction of sp³-hybridized carbons (Fsp3) is 0.333. The van der Waals surface area contributed by atoms with Crippen LogP contribution in [0.4, 0.5) is 0 Å². The van der Waals surface area contributed by atoms with Crippen molar-refractivity contribution in [1.82, 2.24) is 0 Å². The molecule has 0 spiro atoms. The van der Waals surface area contributed by atoms with E-state index in [4.69, 9.17) is 10.5 Å². The van der Waals surface area contributed by atoms with Gasteiger partial charge in [-0.15, -0.1) is 0 Å². The van der Waals surface area contributed by atoms with Crippen molar-refractivity contribution in [2.45, 2.75) is 6.04 Å². The second-order valence-corrected chi connectivity index (χ2v) is 2.78. The van der Waals surface area contributed by atoms with Crippen molar-refractivity contribution in [3.63, 3.8) is 0 Å². The van der Waals surface area contributed by atoms with Gasteiger partial charge in [0.05, 0.1) is 12.6 Å². The van der Waals surface area contributed by atoms with Crippen LogP contribution < -0.4 is 5.73 Å². The summed E-state index contributed by atoms with van der Waals surface area (Å²) >= 11 is 0. The lowest BCUT2D eigenvalue weighted by Gasteiger charge is -2.12. The Kier molecular flexibility index (Phi) is 3.11. The number of phenolic OH excluding ortho intramolecular Hbond substituents is 2. The van der Waals surface area contributed by atoms with Gasteiger partial charge in [0.15, 0.2) is 11.5 Å². The van der Waals surface area contributed by atoms with Crippen LogP contribution in [0.3, 0.4) is 0 Å². The maximum Gasteiger partial charge on any atom is 0.162 e. The lowest BCUT2D eigenvalue weighted by atomic mass is 10.1. The molecule has 0 amide bonds. The van der Waals surface area contributed by atoms with E-state index in [1.54, 1.807) is 12.1 Å². The second kappa shape index (κ2) is 4.11. The van der Waals surface area contributed by atoms with Gasteiger partial charge in [-0.1, -0.05) is 12.1 Å². The third kappa shape index (κ3) is 2.11. The van der Waals surface area contributed by atoms with Crippen LogP contribution in [-0.4, -0.2) is 23.9 Å². The van der Waals surface area contributed by atoms with Gasteiger partial charge in [-0.05, 0) is 6.07 Å². The number of para-hydroxylation sites is 1. The Bertz CT molecular complexity index is 288. The Balaban J connectivity index is 2.93. The Labute approximate surface area is 76.6 Å². The molecule has 0 saturated carbocycles. The molecule has 0 aromatic heterocycles. The minimum absolute atomic E-state index is 0.163. The van der Waals surface area contributed by atoms with Crippen LogP contribution in [0.2, 0.25) is 0 Å². The predicted molar refractivity (Wildman–Crippen MR) is 48.6 cm³/mol. The molecule has 0 fully saturated rings. The highest BCUT2D eigenvalue weighted by Crippen LogP contribution is 2.31. The summed E-state index contributed by atoms with van der Waals surface area (Å²) in [7, 11) is 1.53. The van der Waals surface area contributed by atoms with Crippen LogP contribution in [0.5, 0.6) is 11.5 Å². The van der Waals surface area contributed by atoms with Crippen molar-refractivity contribution in [2.75, 3.05) is 13.7 Å². The van der Waals surface area contributed by atoms with Gasteiger partial charge in [-0.2, -0.15) is 0 Å². The number of nitrogens with two attached hydrogens (primary N) is 1. The molecule has 0 aliphatic carbocycles. The third-order valence-electron chi connectivity index (χ3n) is 1.79. The molecule has 0 bridgehead atoms. The number of rotatable bonds is 3. The summed E-state index contributed by atoms with van der Waals surface area (Å²) in [6.45, 7) is 0.303. The van der Waals surface area contributed by atoms with Gasteiger partial charge >= 0.3 is 0 Å². The molecule has 1 aromatic carbocycles. The predicted octanol–water partition coefficient (Wildman–Crippen LogP) is 0.744. The molecule has 0 unspecified atom stereocenters. The molecule has 4 N–H and O–H groups in total. The standard InChI is InChI=1S/C9H13NO3/c1-13-5-7(10)6-3-2-4-8(11)9(6)12/h2-4,7,11-12H,5,10H2,1H3/t7-/m1/s1. The summed E-state index contributed by atoms with van der Waals surface area (Å²) in [6, 6.07) is 4.26. The molecule has 1 atom stereocenters. The van der Waals surface area contributed by atoms with Crippen molar-refractivity contribution in [1.29, 1.82) is 0 Å². The molecule has 72 valence electrons. The highest BCUT2D eigenvalue weighted by Gasteiger charge is 2.12. The minimum atomic E-state index is -0.419. The summed E-state index contributed by atoms with van der Waals surface area (Å²) in [5.41, 5.74) is 6.17. The van der Waals surface area contributed by atoms with Crippen molar-refractivity contribution in [2.24, 2.45) is 5.73 Å². The first-order valence-electron chi connectivity index (χ1n) is 3.92. The van der Waals surface area contributed by atoms with E-state index in [0.717, 1.165) is 0 Å². The van der Waals surface area contributed by atoms with Crippen LogP contribution in [0.15, 0.2) is 18.2 Å². The first-order valence-corrected chi connectivity index (χ1v) is 3.92. The van der Waals surface area contributed by atoms with Gasteiger partial charge in [0.1, 0.15) is 0 Å². The monoisotopic (exact) mass is 183 g/mol. The molecule has 1 rings (SSSR count). The number of hydrogen-bond donors (Lipinski definition) is 3. The zero-order chi connectivity index (χ0) is 9.84. The maximum atomic E-state index is 9.41. The molecule has 0 saturated heterocycles. The zero-order valence-electron chi connectivity index (χ0n) is 7.40. The number of hydrogen-bond acceptors (Lipinski definition) is 4.